The van der Waals surface area contributed by atoms with E-state index in [2.05, 4.69) is 55.2 Å². The number of amides is 1. The Labute approximate surface area is 226 Å². The van der Waals surface area contributed by atoms with E-state index in [-0.39, 0.29) is 0 Å². The van der Waals surface area contributed by atoms with Gasteiger partial charge >= 0.3 is 0 Å². The quantitative estimate of drug-likeness (QED) is 0.0776. The molecule has 1 aliphatic carbocycles. The minimum absolute atomic E-state index is 0.345. The molecule has 3 unspecified atom stereocenters. The van der Waals surface area contributed by atoms with Gasteiger partial charge in [0.25, 0.3) is 0 Å². The maximum Gasteiger partial charge on any atom is 0.210 e. The van der Waals surface area contributed by atoms with E-state index in [0.717, 1.165) is 45.3 Å². The second-order valence-corrected chi connectivity index (χ2v) is 11.8. The Morgan fingerprint density at radius 2 is 1.33 bits per heavy atom. The van der Waals surface area contributed by atoms with Crippen molar-refractivity contribution < 1.29 is 4.79 Å². The first kappa shape index (κ1) is 33.2. The summed E-state index contributed by atoms with van der Waals surface area (Å²) in [4.78, 5) is 16.5. The third kappa shape index (κ3) is 16.8. The highest BCUT2D eigenvalue weighted by atomic mass is 16.1. The molecule has 0 aromatic carbocycles. The Bertz CT molecular complexity index is 522. The van der Waals surface area contributed by atoms with Gasteiger partial charge in [-0.3, -0.25) is 4.79 Å². The molecule has 0 heterocycles. The van der Waals surface area contributed by atoms with E-state index >= 15 is 0 Å². The minimum atomic E-state index is 0.345. The Kier molecular flexibility index (Phi) is 21.4. The summed E-state index contributed by atoms with van der Waals surface area (Å²) < 4.78 is 0. The molecule has 4 heteroatoms. The van der Waals surface area contributed by atoms with Crippen molar-refractivity contribution in [3.8, 4) is 0 Å². The van der Waals surface area contributed by atoms with E-state index in [4.69, 9.17) is 0 Å². The van der Waals surface area contributed by atoms with Gasteiger partial charge in [-0.1, -0.05) is 115 Å². The Balaban J connectivity index is 2.10. The fourth-order valence-corrected chi connectivity index (χ4v) is 5.72. The SMILES string of the molecule is CCCCCCCCCCCCCCCCCC(C)N(C=O)C1CC=CCC1CNCCCN(C)C. The Morgan fingerprint density at radius 3 is 1.86 bits per heavy atom. The van der Waals surface area contributed by atoms with Crippen LogP contribution < -0.4 is 5.32 Å². The molecule has 3 atom stereocenters. The summed E-state index contributed by atoms with van der Waals surface area (Å²) in [5, 5.41) is 3.66. The van der Waals surface area contributed by atoms with Crippen LogP contribution in [0.3, 0.4) is 0 Å². The van der Waals surface area contributed by atoms with Crippen LogP contribution in [0.15, 0.2) is 12.2 Å². The van der Waals surface area contributed by atoms with Crippen LogP contribution >= 0.6 is 0 Å². The molecule has 0 bridgehead atoms. The fraction of sp³-hybridized carbons (Fsp3) is 0.906. The van der Waals surface area contributed by atoms with Gasteiger partial charge in [-0.2, -0.15) is 0 Å². The predicted octanol–water partition coefficient (Wildman–Crippen LogP) is 7.97. The number of nitrogens with zero attached hydrogens (tertiary/aromatic N) is 2. The van der Waals surface area contributed by atoms with Crippen LogP contribution in [0.1, 0.15) is 136 Å². The van der Waals surface area contributed by atoms with Crippen LogP contribution in [0.2, 0.25) is 0 Å². The van der Waals surface area contributed by atoms with E-state index in [1.165, 1.54) is 103 Å². The molecule has 0 fully saturated rings. The van der Waals surface area contributed by atoms with Crippen molar-refractivity contribution >= 4 is 6.41 Å². The molecule has 0 spiro atoms. The molecular weight excluding hydrogens is 442 g/mol. The van der Waals surface area contributed by atoms with Gasteiger partial charge in [0, 0.05) is 18.6 Å². The number of rotatable bonds is 25. The molecule has 36 heavy (non-hydrogen) atoms. The van der Waals surface area contributed by atoms with Crippen molar-refractivity contribution in [2.75, 3.05) is 33.7 Å². The lowest BCUT2D eigenvalue weighted by Crippen LogP contribution is -2.48. The van der Waals surface area contributed by atoms with Gasteiger partial charge in [0.1, 0.15) is 0 Å². The summed E-state index contributed by atoms with van der Waals surface area (Å²) in [6.45, 7) is 7.75. The summed E-state index contributed by atoms with van der Waals surface area (Å²) in [6, 6.07) is 0.692. The fourth-order valence-electron chi connectivity index (χ4n) is 5.72. The molecule has 1 rings (SSSR count). The van der Waals surface area contributed by atoms with Crippen molar-refractivity contribution in [1.82, 2.24) is 15.1 Å². The highest BCUT2D eigenvalue weighted by molar-refractivity contribution is 5.48. The van der Waals surface area contributed by atoms with E-state index in [1.54, 1.807) is 0 Å². The maximum atomic E-state index is 12.1. The first-order valence-electron chi connectivity index (χ1n) is 15.8. The summed E-state index contributed by atoms with van der Waals surface area (Å²) >= 11 is 0. The van der Waals surface area contributed by atoms with Gasteiger partial charge in [0.05, 0.1) is 0 Å². The van der Waals surface area contributed by atoms with Gasteiger partial charge < -0.3 is 15.1 Å². The zero-order valence-corrected chi connectivity index (χ0v) is 24.8. The van der Waals surface area contributed by atoms with E-state index < -0.39 is 0 Å². The van der Waals surface area contributed by atoms with Gasteiger partial charge in [-0.15, -0.1) is 0 Å². The second-order valence-electron chi connectivity index (χ2n) is 11.8. The Hall–Kier alpha value is -0.870. The highest BCUT2D eigenvalue weighted by Gasteiger charge is 2.29. The number of unbranched alkanes of at least 4 members (excludes halogenated alkanes) is 14. The lowest BCUT2D eigenvalue weighted by Gasteiger charge is -2.39. The molecule has 1 amide bonds. The number of carbonyl (C=O) groups is 1. The van der Waals surface area contributed by atoms with Gasteiger partial charge in [-0.25, -0.2) is 0 Å². The zero-order chi connectivity index (χ0) is 26.3. The molecule has 0 aliphatic heterocycles. The van der Waals surface area contributed by atoms with Gasteiger partial charge in [0.2, 0.25) is 6.41 Å². The molecule has 0 saturated carbocycles. The second kappa shape index (κ2) is 23.3. The monoisotopic (exact) mass is 505 g/mol. The number of carbonyl (C=O) groups excluding carboxylic acids is 1. The predicted molar refractivity (Wildman–Crippen MR) is 159 cm³/mol. The van der Waals surface area contributed by atoms with Crippen LogP contribution in [-0.4, -0.2) is 62.0 Å². The lowest BCUT2D eigenvalue weighted by atomic mass is 9.86. The number of hydrogen-bond acceptors (Lipinski definition) is 3. The third-order valence-corrected chi connectivity index (χ3v) is 8.13. The number of allylic oxidation sites excluding steroid dienone is 1. The highest BCUT2D eigenvalue weighted by Crippen LogP contribution is 2.26. The standard InChI is InChI=1S/C32H63N3O/c1-5-6-7-8-9-10-11-12-13-14-15-16-17-18-19-23-30(2)35(29-36)32-25-21-20-24-31(32)28-33-26-22-27-34(3)4/h20-21,29-33H,5-19,22-28H2,1-4H3. The number of hydrogen-bond donors (Lipinski definition) is 1. The third-order valence-electron chi connectivity index (χ3n) is 8.13. The van der Waals surface area contributed by atoms with E-state index in [0.29, 0.717) is 18.0 Å². The molecule has 0 radical (unpaired) electrons. The van der Waals surface area contributed by atoms with Crippen LogP contribution in [-0.2, 0) is 4.79 Å². The summed E-state index contributed by atoms with van der Waals surface area (Å²) in [6.07, 6.45) is 31.1. The summed E-state index contributed by atoms with van der Waals surface area (Å²) in [5.41, 5.74) is 0. The minimum Gasteiger partial charge on any atom is -0.339 e. The van der Waals surface area contributed by atoms with Crippen molar-refractivity contribution in [1.29, 1.82) is 0 Å². The zero-order valence-electron chi connectivity index (χ0n) is 24.8. The van der Waals surface area contributed by atoms with Crippen molar-refractivity contribution in [3.05, 3.63) is 12.2 Å². The molecule has 4 nitrogen and oxygen atoms in total. The van der Waals surface area contributed by atoms with E-state index in [9.17, 15) is 4.79 Å². The molecule has 1 aliphatic rings. The van der Waals surface area contributed by atoms with Crippen LogP contribution in [0.4, 0.5) is 0 Å². The molecule has 1 N–H and O–H groups in total. The molecule has 0 aromatic rings. The van der Waals surface area contributed by atoms with Crippen LogP contribution in [0.25, 0.3) is 0 Å². The largest absolute Gasteiger partial charge is 0.339 e. The normalized spacial score (nSPS) is 18.6. The van der Waals surface area contributed by atoms with Crippen molar-refractivity contribution in [3.63, 3.8) is 0 Å². The smallest absolute Gasteiger partial charge is 0.210 e. The van der Waals surface area contributed by atoms with Crippen molar-refractivity contribution in [2.45, 2.75) is 148 Å². The average Bonchev–Trinajstić information content (AvgIpc) is 2.87. The van der Waals surface area contributed by atoms with Gasteiger partial charge in [-0.05, 0) is 65.7 Å². The van der Waals surface area contributed by atoms with Crippen LogP contribution in [0, 0.1) is 5.92 Å². The summed E-state index contributed by atoms with van der Waals surface area (Å²) in [7, 11) is 4.26. The van der Waals surface area contributed by atoms with E-state index in [1.807, 2.05) is 0 Å². The topological polar surface area (TPSA) is 35.6 Å². The van der Waals surface area contributed by atoms with Crippen molar-refractivity contribution in [2.24, 2.45) is 5.92 Å². The molecule has 0 aromatic heterocycles. The average molecular weight is 506 g/mol. The lowest BCUT2D eigenvalue weighted by molar-refractivity contribution is -0.123. The van der Waals surface area contributed by atoms with Crippen LogP contribution in [0.5, 0.6) is 0 Å². The molecule has 212 valence electrons. The summed E-state index contributed by atoms with van der Waals surface area (Å²) in [5.74, 6) is 0.531. The maximum absolute atomic E-state index is 12.1. The Morgan fingerprint density at radius 1 is 0.806 bits per heavy atom. The first-order valence-corrected chi connectivity index (χ1v) is 15.8. The first-order chi connectivity index (χ1) is 17.6. The molecular formula is C32H63N3O. The van der Waals surface area contributed by atoms with Gasteiger partial charge in [0.15, 0.2) is 0 Å². The number of nitrogens with one attached hydrogen (secondary N) is 1. The molecule has 0 saturated heterocycles.